The number of esters is 1. The minimum Gasteiger partial charge on any atom is -0.448 e. The van der Waals surface area contributed by atoms with Crippen molar-refractivity contribution in [2.75, 3.05) is 6.61 Å². The second-order valence-electron chi connectivity index (χ2n) is 4.60. The van der Waals surface area contributed by atoms with Crippen molar-refractivity contribution >= 4 is 27.1 Å². The number of hydrogen-bond acceptors (Lipinski definition) is 3. The Morgan fingerprint density at radius 1 is 1.00 bits per heavy atom. The van der Waals surface area contributed by atoms with E-state index in [1.165, 1.54) is 6.92 Å². The van der Waals surface area contributed by atoms with E-state index in [0.717, 1.165) is 9.79 Å². The lowest BCUT2D eigenvalue weighted by molar-refractivity contribution is -0.134. The lowest BCUT2D eigenvalue weighted by Gasteiger charge is -2.15. The topological polar surface area (TPSA) is 43.4 Å². The van der Waals surface area contributed by atoms with Crippen LogP contribution in [0.2, 0.25) is 0 Å². The molecule has 2 aromatic rings. The Morgan fingerprint density at radius 2 is 1.48 bits per heavy atom. The highest BCUT2D eigenvalue weighted by atomic mass is 32.2. The van der Waals surface area contributed by atoms with Gasteiger partial charge in [0, 0.05) is 9.79 Å². The second kappa shape index (κ2) is 8.11. The van der Waals surface area contributed by atoms with Gasteiger partial charge < -0.3 is 4.74 Å². The fourth-order valence-corrected chi connectivity index (χ4v) is 4.14. The van der Waals surface area contributed by atoms with Crippen LogP contribution in [0.25, 0.3) is 0 Å². The molecule has 0 N–H and O–H groups in total. The van der Waals surface area contributed by atoms with Gasteiger partial charge in [0.05, 0.1) is 0 Å². The molecule has 0 aliphatic carbocycles. The van der Waals surface area contributed by atoms with Crippen molar-refractivity contribution in [3.05, 3.63) is 60.7 Å². The smallest absolute Gasteiger partial charge is 0.349 e. The summed E-state index contributed by atoms with van der Waals surface area (Å²) in [5.41, 5.74) is 0. The first-order valence-electron chi connectivity index (χ1n) is 6.98. The van der Waals surface area contributed by atoms with Gasteiger partial charge in [-0.2, -0.15) is 0 Å². The van der Waals surface area contributed by atoms with E-state index >= 15 is 0 Å². The number of benzene rings is 2. The van der Waals surface area contributed by atoms with E-state index in [-0.39, 0.29) is 17.3 Å². The van der Waals surface area contributed by atoms with Gasteiger partial charge in [0.25, 0.3) is 0 Å². The fraction of sp³-hybridized carbons (Fsp3) is 0.105. The van der Waals surface area contributed by atoms with Crippen LogP contribution in [-0.4, -0.2) is 23.2 Å². The first-order valence-corrected chi connectivity index (χ1v) is 8.20. The van der Waals surface area contributed by atoms with Gasteiger partial charge >= 0.3 is 5.97 Å². The summed E-state index contributed by atoms with van der Waals surface area (Å²) in [7, 11) is -0.829. The summed E-state index contributed by atoms with van der Waals surface area (Å²) >= 11 is 0. The third-order valence-corrected chi connectivity index (χ3v) is 5.30. The molecule has 0 spiro atoms. The molecule has 2 rings (SSSR count). The molecule has 0 saturated heterocycles. The highest BCUT2D eigenvalue weighted by molar-refractivity contribution is 8.18. The first kappa shape index (κ1) is 16.7. The number of ether oxygens (including phenoxy) is 1. The van der Waals surface area contributed by atoms with Crippen molar-refractivity contribution in [1.29, 1.82) is 0 Å². The maximum atomic E-state index is 12.4. The molecule has 0 aromatic heterocycles. The second-order valence-corrected chi connectivity index (χ2v) is 6.56. The Hall–Kier alpha value is -2.64. The standard InChI is InChI=1S/C19H16O3S/c1-3-14-22-19(21)18(15(2)20)23(16-10-6-4-7-11-16)17-12-8-5-9-13-17/h1,4-13H,14H2,2H3. The average molecular weight is 324 g/mol. The summed E-state index contributed by atoms with van der Waals surface area (Å²) in [4.78, 5) is 26.4. The minimum absolute atomic E-state index is 0.109. The van der Waals surface area contributed by atoms with E-state index in [9.17, 15) is 9.59 Å². The summed E-state index contributed by atoms with van der Waals surface area (Å²) < 4.78 is 5.01. The van der Waals surface area contributed by atoms with E-state index < -0.39 is 16.5 Å². The molecule has 0 atom stereocenters. The lowest BCUT2D eigenvalue weighted by Crippen LogP contribution is -2.25. The molecular weight excluding hydrogens is 308 g/mol. The molecule has 116 valence electrons. The Balaban J connectivity index is 2.68. The number of carbonyl (C=O) groups excluding carboxylic acids is 2. The van der Waals surface area contributed by atoms with Gasteiger partial charge in [0.2, 0.25) is 0 Å². The molecule has 0 amide bonds. The molecule has 0 fully saturated rings. The first-order chi connectivity index (χ1) is 11.1. The zero-order valence-corrected chi connectivity index (χ0v) is 13.5. The zero-order valence-electron chi connectivity index (χ0n) is 12.7. The molecule has 0 radical (unpaired) electrons. The number of rotatable bonds is 5. The monoisotopic (exact) mass is 324 g/mol. The van der Waals surface area contributed by atoms with Crippen molar-refractivity contribution < 1.29 is 14.3 Å². The van der Waals surface area contributed by atoms with Crippen molar-refractivity contribution in [3.63, 3.8) is 0 Å². The highest BCUT2D eigenvalue weighted by Crippen LogP contribution is 2.37. The molecule has 0 saturated carbocycles. The van der Waals surface area contributed by atoms with Crippen LogP contribution in [0.1, 0.15) is 6.92 Å². The van der Waals surface area contributed by atoms with Crippen LogP contribution in [0.5, 0.6) is 0 Å². The van der Waals surface area contributed by atoms with Crippen molar-refractivity contribution in [2.45, 2.75) is 16.7 Å². The Morgan fingerprint density at radius 3 is 1.87 bits per heavy atom. The number of terminal acetylenes is 1. The molecule has 0 bridgehead atoms. The number of hydrogen-bond donors (Lipinski definition) is 0. The van der Waals surface area contributed by atoms with Gasteiger partial charge in [0.1, 0.15) is 4.86 Å². The number of ketones is 1. The molecule has 0 aliphatic heterocycles. The van der Waals surface area contributed by atoms with Crippen molar-refractivity contribution in [3.8, 4) is 12.3 Å². The summed E-state index contributed by atoms with van der Waals surface area (Å²) in [5.74, 6) is 1.27. The van der Waals surface area contributed by atoms with Gasteiger partial charge in [0.15, 0.2) is 12.4 Å². The Bertz CT molecular complexity index is 730. The maximum absolute atomic E-state index is 12.4. The SMILES string of the molecule is C#CCOC(=O)C(C(C)=O)=S(c1ccccc1)c1ccccc1. The number of Topliss-reactive ketones (excluding diaryl/α,β-unsaturated/α-hetero) is 1. The molecule has 3 nitrogen and oxygen atoms in total. The molecule has 0 heterocycles. The molecule has 23 heavy (non-hydrogen) atoms. The predicted octanol–water partition coefficient (Wildman–Crippen LogP) is 3.31. The quantitative estimate of drug-likeness (QED) is 0.367. The van der Waals surface area contributed by atoms with E-state index in [2.05, 4.69) is 5.92 Å². The highest BCUT2D eigenvalue weighted by Gasteiger charge is 2.23. The van der Waals surface area contributed by atoms with Crippen LogP contribution in [0.15, 0.2) is 70.5 Å². The van der Waals surface area contributed by atoms with Crippen LogP contribution >= 0.6 is 10.5 Å². The predicted molar refractivity (Wildman–Crippen MR) is 92.5 cm³/mol. The summed E-state index contributed by atoms with van der Waals surface area (Å²) in [5, 5.41) is 0. The zero-order chi connectivity index (χ0) is 16.7. The third-order valence-electron chi connectivity index (χ3n) is 2.95. The van der Waals surface area contributed by atoms with Gasteiger partial charge in [-0.05, 0) is 31.2 Å². The van der Waals surface area contributed by atoms with E-state index in [4.69, 9.17) is 11.2 Å². The maximum Gasteiger partial charge on any atom is 0.349 e. The molecule has 0 unspecified atom stereocenters. The Kier molecular flexibility index (Phi) is 5.90. The molecule has 0 aliphatic rings. The van der Waals surface area contributed by atoms with Crippen LogP contribution in [-0.2, 0) is 14.3 Å². The van der Waals surface area contributed by atoms with Gasteiger partial charge in [-0.15, -0.1) is 16.9 Å². The fourth-order valence-electron chi connectivity index (χ4n) is 2.03. The largest absolute Gasteiger partial charge is 0.448 e. The van der Waals surface area contributed by atoms with E-state index in [1.54, 1.807) is 0 Å². The van der Waals surface area contributed by atoms with Crippen molar-refractivity contribution in [2.24, 2.45) is 0 Å². The number of carbonyl (C=O) groups is 2. The van der Waals surface area contributed by atoms with Crippen LogP contribution in [0, 0.1) is 12.3 Å². The third kappa shape index (κ3) is 4.18. The summed E-state index contributed by atoms with van der Waals surface area (Å²) in [6.45, 7) is 1.22. The Labute approximate surface area is 138 Å². The van der Waals surface area contributed by atoms with Gasteiger partial charge in [-0.25, -0.2) is 4.79 Å². The molecular formula is C19H16O3S. The average Bonchev–Trinajstić information content (AvgIpc) is 2.58. The van der Waals surface area contributed by atoms with Crippen molar-refractivity contribution in [1.82, 2.24) is 0 Å². The molecule has 2 aromatic carbocycles. The van der Waals surface area contributed by atoms with Gasteiger partial charge in [-0.1, -0.05) is 42.3 Å². The summed E-state index contributed by atoms with van der Waals surface area (Å²) in [6, 6.07) is 18.9. The van der Waals surface area contributed by atoms with Crippen LogP contribution < -0.4 is 0 Å². The van der Waals surface area contributed by atoms with Gasteiger partial charge in [-0.3, -0.25) is 4.79 Å². The summed E-state index contributed by atoms with van der Waals surface area (Å²) in [6.07, 6.45) is 5.13. The van der Waals surface area contributed by atoms with E-state index in [1.807, 2.05) is 60.7 Å². The van der Waals surface area contributed by atoms with Crippen LogP contribution in [0.4, 0.5) is 0 Å². The van der Waals surface area contributed by atoms with Crippen LogP contribution in [0.3, 0.4) is 0 Å². The normalized spacial score (nSPS) is 9.96. The minimum atomic E-state index is -0.829. The van der Waals surface area contributed by atoms with E-state index in [0.29, 0.717) is 0 Å². The molecule has 4 heteroatoms. The lowest BCUT2D eigenvalue weighted by atomic mass is 10.3.